The maximum absolute atomic E-state index is 12.8. The molecular weight excluding hydrogens is 438 g/mol. The van der Waals surface area contributed by atoms with Gasteiger partial charge in [-0.25, -0.2) is 28.5 Å². The predicted octanol–water partition coefficient (Wildman–Crippen LogP) is 1.55. The van der Waals surface area contributed by atoms with Crippen molar-refractivity contribution in [3.63, 3.8) is 0 Å². The molecule has 3 rings (SSSR count). The van der Waals surface area contributed by atoms with Crippen LogP contribution in [-0.2, 0) is 28.9 Å². The fourth-order valence-electron chi connectivity index (χ4n) is 3.46. The normalized spacial score (nSPS) is 23.0. The average molecular weight is 466 g/mol. The minimum Gasteiger partial charge on any atom is -0.444 e. The Labute approximate surface area is 187 Å². The Morgan fingerprint density at radius 2 is 2.19 bits per heavy atom. The summed E-state index contributed by atoms with van der Waals surface area (Å²) in [6, 6.07) is 3.35. The van der Waals surface area contributed by atoms with Crippen LogP contribution in [-0.4, -0.2) is 62.0 Å². The van der Waals surface area contributed by atoms with Gasteiger partial charge in [0.15, 0.2) is 20.9 Å². The van der Waals surface area contributed by atoms with Gasteiger partial charge in [0.1, 0.15) is 11.9 Å². The third kappa shape index (κ3) is 5.38. The molecule has 0 bridgehead atoms. The monoisotopic (exact) mass is 465 g/mol. The standard InChI is InChI=1S/C21H27N3O7S/c1-4-7-15-9-10-17(22-13-15)24-14-16(30-20(24)26)12-21(2,32(3,27)28)19(25)23-31-18-8-5-6-11-29-18/h9-10,13,16,18H,5-6,8,11-12,14H2,1-3H3,(H,23,25)/t16-,18?,21+/m0/s1. The van der Waals surface area contributed by atoms with Crippen molar-refractivity contribution in [1.82, 2.24) is 10.5 Å². The number of ether oxygens (including phenoxy) is 2. The van der Waals surface area contributed by atoms with Crippen LogP contribution in [0.3, 0.4) is 0 Å². The molecule has 32 heavy (non-hydrogen) atoms. The molecule has 0 radical (unpaired) electrons. The van der Waals surface area contributed by atoms with Crippen molar-refractivity contribution in [2.24, 2.45) is 0 Å². The van der Waals surface area contributed by atoms with E-state index >= 15 is 0 Å². The first-order valence-corrected chi connectivity index (χ1v) is 12.2. The summed E-state index contributed by atoms with van der Waals surface area (Å²) in [6.45, 7) is 3.56. The Morgan fingerprint density at radius 1 is 1.41 bits per heavy atom. The van der Waals surface area contributed by atoms with Gasteiger partial charge in [-0.1, -0.05) is 5.92 Å². The fourth-order valence-corrected chi connectivity index (χ4v) is 4.32. The number of aromatic nitrogens is 1. The summed E-state index contributed by atoms with van der Waals surface area (Å²) >= 11 is 0. The Morgan fingerprint density at radius 3 is 2.78 bits per heavy atom. The molecule has 11 heteroatoms. The van der Waals surface area contributed by atoms with Gasteiger partial charge in [-0.2, -0.15) is 0 Å². The van der Waals surface area contributed by atoms with E-state index in [0.717, 1.165) is 19.1 Å². The van der Waals surface area contributed by atoms with Crippen molar-refractivity contribution in [3.8, 4) is 11.8 Å². The molecule has 0 spiro atoms. The molecule has 2 amide bonds. The van der Waals surface area contributed by atoms with Crippen LogP contribution in [0.2, 0.25) is 0 Å². The number of sulfone groups is 1. The van der Waals surface area contributed by atoms with Crippen molar-refractivity contribution in [2.45, 2.75) is 56.7 Å². The number of hydrogen-bond acceptors (Lipinski definition) is 8. The highest BCUT2D eigenvalue weighted by Crippen LogP contribution is 2.29. The summed E-state index contributed by atoms with van der Waals surface area (Å²) in [5, 5.41) is 0. The van der Waals surface area contributed by atoms with E-state index in [9.17, 15) is 18.0 Å². The van der Waals surface area contributed by atoms with Crippen LogP contribution in [0, 0.1) is 11.8 Å². The Hall–Kier alpha value is -2.68. The molecule has 10 nitrogen and oxygen atoms in total. The molecule has 0 saturated carbocycles. The Kier molecular flexibility index (Phi) is 7.38. The zero-order valence-electron chi connectivity index (χ0n) is 18.3. The molecule has 0 aliphatic carbocycles. The summed E-state index contributed by atoms with van der Waals surface area (Å²) in [4.78, 5) is 36.0. The highest BCUT2D eigenvalue weighted by molar-refractivity contribution is 7.92. The van der Waals surface area contributed by atoms with Crippen LogP contribution in [0.5, 0.6) is 0 Å². The molecule has 2 aliphatic rings. The van der Waals surface area contributed by atoms with Crippen LogP contribution in [0.25, 0.3) is 0 Å². The quantitative estimate of drug-likeness (QED) is 0.475. The van der Waals surface area contributed by atoms with Gasteiger partial charge in [0.05, 0.1) is 6.54 Å². The third-order valence-electron chi connectivity index (χ3n) is 5.50. The van der Waals surface area contributed by atoms with Crippen LogP contribution < -0.4 is 10.4 Å². The number of hydroxylamine groups is 1. The Bertz CT molecular complexity index is 1010. The smallest absolute Gasteiger partial charge is 0.415 e. The zero-order valence-corrected chi connectivity index (χ0v) is 19.1. The van der Waals surface area contributed by atoms with Gasteiger partial charge in [-0.3, -0.25) is 9.69 Å². The SMILES string of the molecule is CC#Cc1ccc(N2C[C@H](C[C@](C)(C(=O)NOC3CCCCO3)S(C)(=O)=O)OC2=O)nc1. The third-order valence-corrected chi connectivity index (χ3v) is 7.49. The van der Waals surface area contributed by atoms with E-state index < -0.39 is 39.0 Å². The van der Waals surface area contributed by atoms with E-state index in [1.807, 2.05) is 0 Å². The highest BCUT2D eigenvalue weighted by atomic mass is 32.2. The number of nitrogens with one attached hydrogen (secondary N) is 1. The second kappa shape index (κ2) is 9.85. The fraction of sp³-hybridized carbons (Fsp3) is 0.571. The number of rotatable bonds is 7. The van der Waals surface area contributed by atoms with Crippen molar-refractivity contribution in [2.75, 3.05) is 24.3 Å². The van der Waals surface area contributed by atoms with E-state index in [1.54, 1.807) is 19.1 Å². The first kappa shape index (κ1) is 24.0. The number of amides is 2. The second-order valence-corrected chi connectivity index (χ2v) is 10.4. The van der Waals surface area contributed by atoms with Crippen LogP contribution >= 0.6 is 0 Å². The van der Waals surface area contributed by atoms with E-state index in [-0.39, 0.29) is 13.0 Å². The van der Waals surface area contributed by atoms with Crippen LogP contribution in [0.15, 0.2) is 18.3 Å². The molecule has 2 fully saturated rings. The summed E-state index contributed by atoms with van der Waals surface area (Å²) in [5.74, 6) is 5.13. The van der Waals surface area contributed by atoms with Gasteiger partial charge < -0.3 is 9.47 Å². The van der Waals surface area contributed by atoms with Gasteiger partial charge in [-0.15, -0.1) is 5.92 Å². The van der Waals surface area contributed by atoms with Crippen molar-refractivity contribution in [3.05, 3.63) is 23.9 Å². The lowest BCUT2D eigenvalue weighted by atomic mass is 10.0. The Balaban J connectivity index is 1.69. The van der Waals surface area contributed by atoms with Crippen molar-refractivity contribution >= 4 is 27.7 Å². The maximum Gasteiger partial charge on any atom is 0.415 e. The van der Waals surface area contributed by atoms with E-state index in [2.05, 4.69) is 22.3 Å². The predicted molar refractivity (Wildman–Crippen MR) is 115 cm³/mol. The number of carbonyl (C=O) groups is 2. The minimum absolute atomic E-state index is 0.0512. The van der Waals surface area contributed by atoms with E-state index in [0.29, 0.717) is 24.4 Å². The summed E-state index contributed by atoms with van der Waals surface area (Å²) < 4.78 is 33.9. The summed E-state index contributed by atoms with van der Waals surface area (Å²) in [6.07, 6.45) is 2.52. The van der Waals surface area contributed by atoms with Crippen LogP contribution in [0.1, 0.15) is 45.1 Å². The number of hydrogen-bond donors (Lipinski definition) is 1. The lowest BCUT2D eigenvalue weighted by molar-refractivity contribution is -0.201. The lowest BCUT2D eigenvalue weighted by Crippen LogP contribution is -2.53. The van der Waals surface area contributed by atoms with E-state index in [4.69, 9.17) is 14.3 Å². The number of pyridine rings is 1. The molecule has 3 atom stereocenters. The van der Waals surface area contributed by atoms with Gasteiger partial charge in [-0.05, 0) is 38.8 Å². The molecule has 174 valence electrons. The van der Waals surface area contributed by atoms with Gasteiger partial charge >= 0.3 is 6.09 Å². The average Bonchev–Trinajstić information content (AvgIpc) is 3.12. The number of cyclic esters (lactones) is 1. The molecule has 1 aromatic heterocycles. The molecule has 2 aliphatic heterocycles. The second-order valence-electron chi connectivity index (χ2n) is 7.95. The largest absolute Gasteiger partial charge is 0.444 e. The van der Waals surface area contributed by atoms with Crippen LogP contribution in [0.4, 0.5) is 10.6 Å². The number of carbonyl (C=O) groups excluding carboxylic acids is 2. The topological polar surface area (TPSA) is 124 Å². The number of anilines is 1. The first-order chi connectivity index (χ1) is 15.1. The number of nitrogens with zero attached hydrogens (tertiary/aromatic N) is 2. The molecule has 2 saturated heterocycles. The maximum atomic E-state index is 12.8. The van der Waals surface area contributed by atoms with Crippen molar-refractivity contribution in [1.29, 1.82) is 0 Å². The lowest BCUT2D eigenvalue weighted by Gasteiger charge is -2.29. The summed E-state index contributed by atoms with van der Waals surface area (Å²) in [5.41, 5.74) is 2.92. The summed E-state index contributed by atoms with van der Waals surface area (Å²) in [7, 11) is -3.89. The van der Waals surface area contributed by atoms with E-state index in [1.165, 1.54) is 18.0 Å². The molecular formula is C21H27N3O7S. The van der Waals surface area contributed by atoms with Crippen molar-refractivity contribution < 1.29 is 32.3 Å². The molecule has 0 aromatic carbocycles. The van der Waals surface area contributed by atoms with Gasteiger partial charge in [0.2, 0.25) is 0 Å². The highest BCUT2D eigenvalue weighted by Gasteiger charge is 2.49. The first-order valence-electron chi connectivity index (χ1n) is 10.3. The molecule has 1 unspecified atom stereocenters. The molecule has 1 N–H and O–H groups in total. The minimum atomic E-state index is -3.89. The van der Waals surface area contributed by atoms with Gasteiger partial charge in [0, 0.05) is 37.5 Å². The molecule has 3 heterocycles. The molecule has 1 aromatic rings. The van der Waals surface area contributed by atoms with Gasteiger partial charge in [0.25, 0.3) is 5.91 Å². The zero-order chi connectivity index (χ0) is 23.4.